The Hall–Kier alpha value is -1.79. The van der Waals surface area contributed by atoms with Crippen molar-refractivity contribution < 1.29 is 13.9 Å². The Kier molecular flexibility index (Phi) is 4.20. The molecule has 0 spiro atoms. The molecule has 4 rings (SSSR count). The van der Waals surface area contributed by atoms with Crippen LogP contribution in [0.15, 0.2) is 18.2 Å². The fourth-order valence-corrected chi connectivity index (χ4v) is 4.53. The third kappa shape index (κ3) is 2.99. The summed E-state index contributed by atoms with van der Waals surface area (Å²) in [5.74, 6) is -0.396. The van der Waals surface area contributed by atoms with Gasteiger partial charge in [-0.15, -0.1) is 0 Å². The first kappa shape index (κ1) is 18.6. The number of benzene rings is 1. The van der Waals surface area contributed by atoms with Crippen molar-refractivity contribution in [2.45, 2.75) is 70.4 Å². The standard InChI is InChI=1S/C21H27F2N3O/c1-20(2,3)21(24,27)9-8-16-18-12-4-5-13(10-12)19(18)26(25-16)17-7-6-14(22)11-15(17)23/h6-7,11-13,27H,4-5,8-10,24H2,1-3H3. The van der Waals surface area contributed by atoms with E-state index in [1.54, 1.807) is 4.68 Å². The fourth-order valence-electron chi connectivity index (χ4n) is 4.53. The predicted octanol–water partition coefficient (Wildman–Crippen LogP) is 4.14. The molecule has 0 amide bonds. The van der Waals surface area contributed by atoms with Crippen molar-refractivity contribution in [2.75, 3.05) is 0 Å². The summed E-state index contributed by atoms with van der Waals surface area (Å²) in [5.41, 5.74) is 7.78. The first-order chi connectivity index (χ1) is 12.6. The molecule has 3 unspecified atom stereocenters. The average Bonchev–Trinajstić information content (AvgIpc) is 3.24. The Balaban J connectivity index is 1.73. The van der Waals surface area contributed by atoms with E-state index in [-0.39, 0.29) is 5.69 Å². The maximum Gasteiger partial charge on any atom is 0.151 e. The topological polar surface area (TPSA) is 64.1 Å². The molecule has 1 saturated carbocycles. The summed E-state index contributed by atoms with van der Waals surface area (Å²) in [7, 11) is 0. The van der Waals surface area contributed by atoms with Crippen molar-refractivity contribution in [3.05, 3.63) is 46.8 Å². The highest BCUT2D eigenvalue weighted by Gasteiger charge is 2.44. The Labute approximate surface area is 158 Å². The number of hydrogen-bond donors (Lipinski definition) is 2. The van der Waals surface area contributed by atoms with Gasteiger partial charge in [-0.25, -0.2) is 13.5 Å². The fraction of sp³-hybridized carbons (Fsp3) is 0.571. The van der Waals surface area contributed by atoms with Crippen LogP contribution in [0.25, 0.3) is 5.69 Å². The van der Waals surface area contributed by atoms with Crippen molar-refractivity contribution in [1.82, 2.24) is 9.78 Å². The van der Waals surface area contributed by atoms with Gasteiger partial charge in [-0.3, -0.25) is 0 Å². The zero-order valence-corrected chi connectivity index (χ0v) is 16.1. The molecule has 3 N–H and O–H groups in total. The van der Waals surface area contributed by atoms with Crippen molar-refractivity contribution in [1.29, 1.82) is 0 Å². The summed E-state index contributed by atoms with van der Waals surface area (Å²) in [4.78, 5) is 0. The number of aryl methyl sites for hydroxylation is 1. The summed E-state index contributed by atoms with van der Waals surface area (Å²) in [6, 6.07) is 3.61. The maximum absolute atomic E-state index is 14.4. The number of aromatic nitrogens is 2. The first-order valence-corrected chi connectivity index (χ1v) is 9.67. The summed E-state index contributed by atoms with van der Waals surface area (Å²) in [6.45, 7) is 5.73. The SMILES string of the molecule is CC(C)(C)C(N)(O)CCc1nn(-c2ccc(F)cc2F)c2c1C1CCC2C1. The largest absolute Gasteiger partial charge is 0.376 e. The highest BCUT2D eigenvalue weighted by Crippen LogP contribution is 2.55. The summed E-state index contributed by atoms with van der Waals surface area (Å²) < 4.78 is 29.4. The van der Waals surface area contributed by atoms with Gasteiger partial charge >= 0.3 is 0 Å². The molecular formula is C21H27F2N3O. The second kappa shape index (κ2) is 6.11. The lowest BCUT2D eigenvalue weighted by atomic mass is 9.80. The zero-order chi connectivity index (χ0) is 19.6. The van der Waals surface area contributed by atoms with Crippen LogP contribution in [-0.4, -0.2) is 20.6 Å². The van der Waals surface area contributed by atoms with Gasteiger partial charge < -0.3 is 10.8 Å². The van der Waals surface area contributed by atoms with Gasteiger partial charge in [-0.1, -0.05) is 20.8 Å². The van der Waals surface area contributed by atoms with Crippen molar-refractivity contribution in [3.8, 4) is 5.69 Å². The van der Waals surface area contributed by atoms with E-state index in [4.69, 9.17) is 10.8 Å². The molecule has 0 aliphatic heterocycles. The second-order valence-corrected chi connectivity index (χ2v) is 9.13. The van der Waals surface area contributed by atoms with Gasteiger partial charge in [-0.05, 0) is 50.2 Å². The number of halogens is 2. The molecule has 2 bridgehead atoms. The quantitative estimate of drug-likeness (QED) is 0.790. The van der Waals surface area contributed by atoms with E-state index in [1.807, 2.05) is 20.8 Å². The molecule has 3 atom stereocenters. The van der Waals surface area contributed by atoms with E-state index in [9.17, 15) is 13.9 Å². The highest BCUT2D eigenvalue weighted by molar-refractivity contribution is 5.46. The minimum atomic E-state index is -1.32. The summed E-state index contributed by atoms with van der Waals surface area (Å²) in [6.07, 6.45) is 4.17. The van der Waals surface area contributed by atoms with E-state index in [2.05, 4.69) is 0 Å². The average molecular weight is 375 g/mol. The van der Waals surface area contributed by atoms with Gasteiger partial charge in [0, 0.05) is 23.0 Å². The van der Waals surface area contributed by atoms with E-state index < -0.39 is 22.8 Å². The second-order valence-electron chi connectivity index (χ2n) is 9.13. The molecule has 0 saturated heterocycles. The normalized spacial score (nSPS) is 23.5. The van der Waals surface area contributed by atoms with Gasteiger partial charge in [0.25, 0.3) is 0 Å². The Morgan fingerprint density at radius 2 is 1.93 bits per heavy atom. The summed E-state index contributed by atoms with van der Waals surface area (Å²) >= 11 is 0. The van der Waals surface area contributed by atoms with Crippen LogP contribution in [0.2, 0.25) is 0 Å². The van der Waals surface area contributed by atoms with Crippen LogP contribution in [0.1, 0.15) is 75.2 Å². The summed E-state index contributed by atoms with van der Waals surface area (Å²) in [5, 5.41) is 15.3. The predicted molar refractivity (Wildman–Crippen MR) is 99.7 cm³/mol. The minimum absolute atomic E-state index is 0.283. The van der Waals surface area contributed by atoms with Gasteiger partial charge in [0.2, 0.25) is 0 Å². The monoisotopic (exact) mass is 375 g/mol. The van der Waals surface area contributed by atoms with Gasteiger partial charge in [0.15, 0.2) is 5.82 Å². The van der Waals surface area contributed by atoms with Gasteiger partial charge in [-0.2, -0.15) is 5.10 Å². The van der Waals surface area contributed by atoms with Crippen LogP contribution in [0.5, 0.6) is 0 Å². The third-order valence-electron chi connectivity index (χ3n) is 6.44. The molecule has 4 nitrogen and oxygen atoms in total. The lowest BCUT2D eigenvalue weighted by Gasteiger charge is -2.36. The molecule has 1 aromatic carbocycles. The molecule has 1 aromatic heterocycles. The zero-order valence-electron chi connectivity index (χ0n) is 16.1. The van der Waals surface area contributed by atoms with Crippen LogP contribution in [0.4, 0.5) is 8.78 Å². The van der Waals surface area contributed by atoms with Crippen LogP contribution < -0.4 is 5.73 Å². The molecule has 146 valence electrons. The lowest BCUT2D eigenvalue weighted by molar-refractivity contribution is -0.0591. The van der Waals surface area contributed by atoms with E-state index in [0.717, 1.165) is 36.7 Å². The van der Waals surface area contributed by atoms with Crippen molar-refractivity contribution in [2.24, 2.45) is 11.1 Å². The maximum atomic E-state index is 14.4. The Morgan fingerprint density at radius 1 is 1.22 bits per heavy atom. The van der Waals surface area contributed by atoms with Crippen molar-refractivity contribution in [3.63, 3.8) is 0 Å². The Morgan fingerprint density at radius 3 is 2.59 bits per heavy atom. The molecule has 2 aromatic rings. The number of fused-ring (bicyclic) bond motifs is 5. The molecule has 2 aliphatic rings. The van der Waals surface area contributed by atoms with Crippen LogP contribution in [0, 0.1) is 17.0 Å². The van der Waals surface area contributed by atoms with Crippen LogP contribution >= 0.6 is 0 Å². The van der Waals surface area contributed by atoms with E-state index >= 15 is 0 Å². The minimum Gasteiger partial charge on any atom is -0.376 e. The van der Waals surface area contributed by atoms with Crippen molar-refractivity contribution >= 4 is 0 Å². The number of nitrogens with two attached hydrogens (primary N) is 1. The molecule has 27 heavy (non-hydrogen) atoms. The lowest BCUT2D eigenvalue weighted by Crippen LogP contribution is -2.51. The molecular weight excluding hydrogens is 348 g/mol. The van der Waals surface area contributed by atoms with Gasteiger partial charge in [0.05, 0.1) is 11.4 Å². The number of hydrogen-bond acceptors (Lipinski definition) is 3. The smallest absolute Gasteiger partial charge is 0.151 e. The number of aliphatic hydroxyl groups is 1. The third-order valence-corrected chi connectivity index (χ3v) is 6.44. The first-order valence-electron chi connectivity index (χ1n) is 9.67. The van der Waals surface area contributed by atoms with Crippen LogP contribution in [-0.2, 0) is 6.42 Å². The number of rotatable bonds is 4. The van der Waals surface area contributed by atoms with Crippen LogP contribution in [0.3, 0.4) is 0 Å². The molecule has 1 heterocycles. The van der Waals surface area contributed by atoms with E-state index in [1.165, 1.54) is 17.7 Å². The number of nitrogens with zero attached hydrogens (tertiary/aromatic N) is 2. The molecule has 1 fully saturated rings. The molecule has 2 aliphatic carbocycles. The van der Waals surface area contributed by atoms with Gasteiger partial charge in [0.1, 0.15) is 17.2 Å². The highest BCUT2D eigenvalue weighted by atomic mass is 19.1. The Bertz CT molecular complexity index is 882. The molecule has 0 radical (unpaired) electrons. The molecule has 6 heteroatoms. The van der Waals surface area contributed by atoms with E-state index in [0.29, 0.717) is 24.7 Å².